The van der Waals surface area contributed by atoms with Gasteiger partial charge in [0.2, 0.25) is 0 Å². The van der Waals surface area contributed by atoms with E-state index in [1.165, 1.54) is 24.5 Å². The summed E-state index contributed by atoms with van der Waals surface area (Å²) in [5.74, 6) is -0.756. The Morgan fingerprint density at radius 2 is 2.07 bits per heavy atom. The third-order valence-electron chi connectivity index (χ3n) is 3.81. The highest BCUT2D eigenvalue weighted by molar-refractivity contribution is 5.89. The number of carbonyl (C=O) groups excluding carboxylic acids is 1. The number of carbonyl (C=O) groups is 1. The molecule has 1 aromatic carbocycles. The number of benzene rings is 1. The molecule has 28 heavy (non-hydrogen) atoms. The summed E-state index contributed by atoms with van der Waals surface area (Å²) in [7, 11) is 0. The van der Waals surface area contributed by atoms with Crippen molar-refractivity contribution in [3.8, 4) is 23.0 Å². The second-order valence-electron chi connectivity index (χ2n) is 5.63. The fourth-order valence-electron chi connectivity index (χ4n) is 2.61. The Hall–Kier alpha value is -3.67. The number of aromatic nitrogens is 3. The molecule has 0 saturated heterocycles. The molecule has 0 bridgehead atoms. The van der Waals surface area contributed by atoms with Crippen molar-refractivity contribution in [2.75, 3.05) is 6.61 Å². The Bertz CT molecular complexity index is 1050. The van der Waals surface area contributed by atoms with Crippen LogP contribution in [0.2, 0.25) is 0 Å². The molecule has 3 aromatic rings. The molecule has 2 heterocycles. The lowest BCUT2D eigenvalue weighted by molar-refractivity contribution is -0.137. The van der Waals surface area contributed by atoms with Gasteiger partial charge >= 0.3 is 12.1 Å². The molecule has 0 amide bonds. The van der Waals surface area contributed by atoms with Crippen LogP contribution < -0.4 is 0 Å². The van der Waals surface area contributed by atoms with Gasteiger partial charge in [0.05, 0.1) is 35.2 Å². The highest BCUT2D eigenvalue weighted by Gasteiger charge is 2.35. The zero-order valence-electron chi connectivity index (χ0n) is 14.6. The Morgan fingerprint density at radius 1 is 1.29 bits per heavy atom. The molecule has 0 aliphatic heterocycles. The fourth-order valence-corrected chi connectivity index (χ4v) is 2.61. The average molecular weight is 386 g/mol. The molecule has 2 aromatic heterocycles. The minimum Gasteiger partial charge on any atom is -0.461 e. The fraction of sp³-hybridized carbons (Fsp3) is 0.158. The van der Waals surface area contributed by atoms with E-state index in [1.54, 1.807) is 25.1 Å². The zero-order valence-corrected chi connectivity index (χ0v) is 14.6. The number of hydrogen-bond acceptors (Lipinski definition) is 5. The van der Waals surface area contributed by atoms with Crippen LogP contribution in [0.15, 0.2) is 48.8 Å². The second kappa shape index (κ2) is 7.52. The molecule has 0 saturated carbocycles. The minimum absolute atomic E-state index is 0.0958. The van der Waals surface area contributed by atoms with E-state index >= 15 is 0 Å². The van der Waals surface area contributed by atoms with Crippen molar-refractivity contribution in [3.63, 3.8) is 0 Å². The summed E-state index contributed by atoms with van der Waals surface area (Å²) in [4.78, 5) is 16.0. The Labute approximate surface area is 157 Å². The predicted molar refractivity (Wildman–Crippen MR) is 92.5 cm³/mol. The summed E-state index contributed by atoms with van der Waals surface area (Å²) < 4.78 is 46.8. The van der Waals surface area contributed by atoms with E-state index in [0.29, 0.717) is 5.56 Å². The van der Waals surface area contributed by atoms with Gasteiger partial charge in [-0.1, -0.05) is 0 Å². The molecule has 0 radical (unpaired) electrons. The molecule has 0 aliphatic rings. The lowest BCUT2D eigenvalue weighted by Crippen LogP contribution is -2.13. The first kappa shape index (κ1) is 19.1. The first-order valence-electron chi connectivity index (χ1n) is 8.14. The van der Waals surface area contributed by atoms with Crippen LogP contribution in [0.1, 0.15) is 28.5 Å². The standard InChI is InChI=1S/C19H13F3N4O2/c1-2-28-18(27)15-9-17(13-4-3-7-24-11-13)26(25-15)16-6-5-12(10-23)8-14(16)19(20,21)22/h3-9,11H,2H2,1H3. The predicted octanol–water partition coefficient (Wildman–Crippen LogP) is 4.00. The molecule has 0 unspecified atom stereocenters. The van der Waals surface area contributed by atoms with Gasteiger partial charge in [0.15, 0.2) is 5.69 Å². The largest absolute Gasteiger partial charge is 0.461 e. The zero-order chi connectivity index (χ0) is 20.3. The summed E-state index contributed by atoms with van der Waals surface area (Å²) >= 11 is 0. The first-order valence-corrected chi connectivity index (χ1v) is 8.14. The summed E-state index contributed by atoms with van der Waals surface area (Å²) in [6.45, 7) is 1.71. The summed E-state index contributed by atoms with van der Waals surface area (Å²) in [5.41, 5.74) is -0.958. The van der Waals surface area contributed by atoms with Crippen LogP contribution in [0.3, 0.4) is 0 Å². The number of hydrogen-bond donors (Lipinski definition) is 0. The van der Waals surface area contributed by atoms with Crippen molar-refractivity contribution in [2.45, 2.75) is 13.1 Å². The molecule has 9 heteroatoms. The number of esters is 1. The molecular formula is C19H13F3N4O2. The molecule has 0 atom stereocenters. The molecule has 0 spiro atoms. The molecule has 6 nitrogen and oxygen atoms in total. The van der Waals surface area contributed by atoms with Crippen LogP contribution in [0.4, 0.5) is 13.2 Å². The molecular weight excluding hydrogens is 373 g/mol. The van der Waals surface area contributed by atoms with E-state index in [1.807, 2.05) is 0 Å². The van der Waals surface area contributed by atoms with Crippen molar-refractivity contribution in [1.82, 2.24) is 14.8 Å². The number of ether oxygens (including phenoxy) is 1. The van der Waals surface area contributed by atoms with Gasteiger partial charge < -0.3 is 4.74 Å². The molecule has 142 valence electrons. The van der Waals surface area contributed by atoms with Crippen molar-refractivity contribution < 1.29 is 22.7 Å². The lowest BCUT2D eigenvalue weighted by atomic mass is 10.1. The third kappa shape index (κ3) is 3.71. The van der Waals surface area contributed by atoms with Gasteiger partial charge in [0.25, 0.3) is 0 Å². The number of halogens is 3. The van der Waals surface area contributed by atoms with E-state index in [-0.39, 0.29) is 29.2 Å². The maximum Gasteiger partial charge on any atom is 0.418 e. The highest BCUT2D eigenvalue weighted by atomic mass is 19.4. The summed E-state index contributed by atoms with van der Waals surface area (Å²) in [5, 5.41) is 13.0. The first-order chi connectivity index (χ1) is 13.3. The third-order valence-corrected chi connectivity index (χ3v) is 3.81. The maximum absolute atomic E-state index is 13.6. The van der Waals surface area contributed by atoms with Crippen LogP contribution in [0.5, 0.6) is 0 Å². The van der Waals surface area contributed by atoms with Gasteiger partial charge in [-0.3, -0.25) is 4.98 Å². The highest BCUT2D eigenvalue weighted by Crippen LogP contribution is 2.36. The van der Waals surface area contributed by atoms with Gasteiger partial charge in [-0.2, -0.15) is 23.5 Å². The van der Waals surface area contributed by atoms with Crippen LogP contribution >= 0.6 is 0 Å². The van der Waals surface area contributed by atoms with Gasteiger partial charge in [-0.25, -0.2) is 9.48 Å². The summed E-state index contributed by atoms with van der Waals surface area (Å²) in [6, 6.07) is 9.41. The van der Waals surface area contributed by atoms with Crippen molar-refractivity contribution in [3.05, 3.63) is 65.6 Å². The normalized spacial score (nSPS) is 11.1. The summed E-state index contributed by atoms with van der Waals surface area (Å²) in [6.07, 6.45) is -1.77. The van der Waals surface area contributed by atoms with E-state index in [2.05, 4.69) is 10.1 Å². The van der Waals surface area contributed by atoms with Crippen LogP contribution in [0.25, 0.3) is 16.9 Å². The number of nitriles is 1. The molecule has 0 aliphatic carbocycles. The van der Waals surface area contributed by atoms with E-state index < -0.39 is 17.7 Å². The van der Waals surface area contributed by atoms with Gasteiger partial charge in [-0.15, -0.1) is 0 Å². The topological polar surface area (TPSA) is 80.8 Å². The number of nitrogens with zero attached hydrogens (tertiary/aromatic N) is 4. The molecule has 3 rings (SSSR count). The number of rotatable bonds is 4. The maximum atomic E-state index is 13.6. The van der Waals surface area contributed by atoms with Crippen molar-refractivity contribution in [2.24, 2.45) is 0 Å². The number of pyridine rings is 1. The molecule has 0 fully saturated rings. The monoisotopic (exact) mass is 386 g/mol. The Kier molecular flexibility index (Phi) is 5.13. The quantitative estimate of drug-likeness (QED) is 0.633. The average Bonchev–Trinajstić information content (AvgIpc) is 3.13. The number of alkyl halides is 3. The van der Waals surface area contributed by atoms with Crippen LogP contribution in [-0.2, 0) is 10.9 Å². The van der Waals surface area contributed by atoms with Crippen LogP contribution in [0, 0.1) is 11.3 Å². The second-order valence-corrected chi connectivity index (χ2v) is 5.63. The smallest absolute Gasteiger partial charge is 0.418 e. The Balaban J connectivity index is 2.27. The van der Waals surface area contributed by atoms with Gasteiger partial charge in [0.1, 0.15) is 0 Å². The van der Waals surface area contributed by atoms with E-state index in [9.17, 15) is 18.0 Å². The SMILES string of the molecule is CCOC(=O)c1cc(-c2cccnc2)n(-c2ccc(C#N)cc2C(F)(F)F)n1. The minimum atomic E-state index is -4.73. The molecule has 0 N–H and O–H groups in total. The van der Waals surface area contributed by atoms with E-state index in [0.717, 1.165) is 16.8 Å². The lowest BCUT2D eigenvalue weighted by Gasteiger charge is -2.15. The van der Waals surface area contributed by atoms with Crippen LogP contribution in [-0.4, -0.2) is 27.3 Å². The van der Waals surface area contributed by atoms with Crippen molar-refractivity contribution in [1.29, 1.82) is 5.26 Å². The van der Waals surface area contributed by atoms with E-state index in [4.69, 9.17) is 10.00 Å². The van der Waals surface area contributed by atoms with Gasteiger partial charge in [0, 0.05) is 18.0 Å². The van der Waals surface area contributed by atoms with Gasteiger partial charge in [-0.05, 0) is 43.3 Å². The van der Waals surface area contributed by atoms with Crippen molar-refractivity contribution >= 4 is 5.97 Å². The Morgan fingerprint density at radius 3 is 2.68 bits per heavy atom.